The summed E-state index contributed by atoms with van der Waals surface area (Å²) in [5, 5.41) is 2.42. The number of alkyl halides is 3. The van der Waals surface area contributed by atoms with E-state index in [1.165, 1.54) is 6.92 Å². The first-order valence-corrected chi connectivity index (χ1v) is 5.83. The summed E-state index contributed by atoms with van der Waals surface area (Å²) in [6, 6.07) is -0.258. The lowest BCUT2D eigenvalue weighted by Crippen LogP contribution is -2.63. The number of carbonyl (C=O) groups is 1. The lowest BCUT2D eigenvalue weighted by atomic mass is 9.99. The van der Waals surface area contributed by atoms with Crippen LogP contribution >= 0.6 is 0 Å². The first-order chi connectivity index (χ1) is 7.81. The largest absolute Gasteiger partial charge is 0.464 e. The minimum Gasteiger partial charge on any atom is -0.464 e. The highest BCUT2D eigenvalue weighted by Gasteiger charge is 2.58. The number of rotatable bonds is 4. The number of halogens is 3. The normalized spacial score (nSPS) is 21.2. The van der Waals surface area contributed by atoms with Gasteiger partial charge in [0.25, 0.3) is 0 Å². The predicted molar refractivity (Wildman–Crippen MR) is 56.5 cm³/mol. The maximum Gasteiger partial charge on any atom is 0.417 e. The molecule has 1 rings (SSSR count). The highest BCUT2D eigenvalue weighted by atomic mass is 19.4. The summed E-state index contributed by atoms with van der Waals surface area (Å²) in [7, 11) is 0. The Morgan fingerprint density at radius 2 is 1.88 bits per heavy atom. The minimum atomic E-state index is -4.65. The fourth-order valence-corrected chi connectivity index (χ4v) is 2.01. The van der Waals surface area contributed by atoms with Crippen LogP contribution < -0.4 is 5.32 Å². The predicted octanol–water partition coefficient (Wildman–Crippen LogP) is 2.40. The van der Waals surface area contributed by atoms with Gasteiger partial charge in [-0.25, -0.2) is 4.79 Å². The van der Waals surface area contributed by atoms with Gasteiger partial charge in [0, 0.05) is 6.04 Å². The van der Waals surface area contributed by atoms with E-state index in [-0.39, 0.29) is 12.6 Å². The van der Waals surface area contributed by atoms with Crippen LogP contribution in [0, 0.1) is 0 Å². The molecule has 1 N–H and O–H groups in total. The molecule has 1 fully saturated rings. The van der Waals surface area contributed by atoms with E-state index in [1.54, 1.807) is 0 Å². The van der Waals surface area contributed by atoms with Gasteiger partial charge in [0.05, 0.1) is 6.61 Å². The molecule has 1 unspecified atom stereocenters. The van der Waals surface area contributed by atoms with Gasteiger partial charge >= 0.3 is 12.1 Å². The second-order valence-electron chi connectivity index (χ2n) is 4.47. The van der Waals surface area contributed by atoms with Crippen LogP contribution in [0.5, 0.6) is 0 Å². The summed E-state index contributed by atoms with van der Waals surface area (Å²) in [5.41, 5.74) is -2.60. The Kier molecular flexibility index (Phi) is 4.41. The standard InChI is InChI=1S/C11H18F3NO2/c1-3-17-9(16)10(2,11(12,13)14)15-8-6-4-5-7-8/h8,15H,3-7H2,1-2H3. The molecule has 6 heteroatoms. The average molecular weight is 253 g/mol. The van der Waals surface area contributed by atoms with Crippen LogP contribution in [-0.2, 0) is 9.53 Å². The molecule has 1 atom stereocenters. The molecule has 0 saturated heterocycles. The van der Waals surface area contributed by atoms with Gasteiger partial charge < -0.3 is 4.74 Å². The van der Waals surface area contributed by atoms with Crippen LogP contribution in [0.4, 0.5) is 13.2 Å². The van der Waals surface area contributed by atoms with Crippen molar-refractivity contribution in [3.63, 3.8) is 0 Å². The summed E-state index contributed by atoms with van der Waals surface area (Å²) in [6.45, 7) is 2.28. The molecule has 100 valence electrons. The van der Waals surface area contributed by atoms with Crippen molar-refractivity contribution in [2.75, 3.05) is 6.61 Å². The molecule has 1 saturated carbocycles. The summed E-state index contributed by atoms with van der Waals surface area (Å²) < 4.78 is 43.4. The van der Waals surface area contributed by atoms with Crippen molar-refractivity contribution in [2.24, 2.45) is 0 Å². The SMILES string of the molecule is CCOC(=O)C(C)(NC1CCCC1)C(F)(F)F. The van der Waals surface area contributed by atoms with E-state index >= 15 is 0 Å². The summed E-state index contributed by atoms with van der Waals surface area (Å²) in [5.74, 6) is -1.25. The van der Waals surface area contributed by atoms with Crippen LogP contribution in [0.25, 0.3) is 0 Å². The van der Waals surface area contributed by atoms with E-state index in [1.807, 2.05) is 0 Å². The number of ether oxygens (including phenoxy) is 1. The summed E-state index contributed by atoms with van der Waals surface area (Å²) in [4.78, 5) is 11.5. The monoisotopic (exact) mass is 253 g/mol. The van der Waals surface area contributed by atoms with Crippen molar-refractivity contribution in [3.8, 4) is 0 Å². The number of hydrogen-bond donors (Lipinski definition) is 1. The third-order valence-corrected chi connectivity index (χ3v) is 3.10. The molecule has 17 heavy (non-hydrogen) atoms. The lowest BCUT2D eigenvalue weighted by Gasteiger charge is -2.33. The lowest BCUT2D eigenvalue weighted by molar-refractivity contribution is -0.211. The van der Waals surface area contributed by atoms with E-state index < -0.39 is 17.7 Å². The molecule has 3 nitrogen and oxygen atoms in total. The fraction of sp³-hybridized carbons (Fsp3) is 0.909. The molecule has 0 radical (unpaired) electrons. The van der Waals surface area contributed by atoms with E-state index in [0.29, 0.717) is 12.8 Å². The number of nitrogens with one attached hydrogen (secondary N) is 1. The Hall–Kier alpha value is -0.780. The fourth-order valence-electron chi connectivity index (χ4n) is 2.01. The topological polar surface area (TPSA) is 38.3 Å². The highest BCUT2D eigenvalue weighted by molar-refractivity contribution is 5.81. The molecule has 0 aromatic rings. The molecule has 1 aliphatic carbocycles. The Bertz CT molecular complexity index is 274. The Morgan fingerprint density at radius 3 is 2.29 bits per heavy atom. The van der Waals surface area contributed by atoms with Crippen molar-refractivity contribution >= 4 is 5.97 Å². The molecule has 0 amide bonds. The van der Waals surface area contributed by atoms with Gasteiger partial charge in [0.15, 0.2) is 0 Å². The molecule has 1 aliphatic rings. The smallest absolute Gasteiger partial charge is 0.417 e. The molecule has 0 spiro atoms. The molecule has 0 heterocycles. The van der Waals surface area contributed by atoms with Crippen LogP contribution in [0.15, 0.2) is 0 Å². The summed E-state index contributed by atoms with van der Waals surface area (Å²) in [6.07, 6.45) is -1.51. The Morgan fingerprint density at radius 1 is 1.35 bits per heavy atom. The van der Waals surface area contributed by atoms with Gasteiger partial charge in [-0.1, -0.05) is 12.8 Å². The van der Waals surface area contributed by atoms with Crippen molar-refractivity contribution in [1.82, 2.24) is 5.32 Å². The zero-order chi connectivity index (χ0) is 13.1. The third-order valence-electron chi connectivity index (χ3n) is 3.10. The van der Waals surface area contributed by atoms with E-state index in [9.17, 15) is 18.0 Å². The van der Waals surface area contributed by atoms with Crippen LogP contribution in [-0.4, -0.2) is 30.3 Å². The van der Waals surface area contributed by atoms with E-state index in [2.05, 4.69) is 10.1 Å². The van der Waals surface area contributed by atoms with Gasteiger partial charge in [0.1, 0.15) is 0 Å². The Labute approximate surface area is 98.7 Å². The van der Waals surface area contributed by atoms with Crippen molar-refractivity contribution in [2.45, 2.75) is 57.3 Å². The number of esters is 1. The molecule has 0 aromatic carbocycles. The van der Waals surface area contributed by atoms with Gasteiger partial charge in [-0.05, 0) is 26.7 Å². The van der Waals surface area contributed by atoms with Crippen LogP contribution in [0.3, 0.4) is 0 Å². The molecular formula is C11H18F3NO2. The first kappa shape index (κ1) is 14.3. The van der Waals surface area contributed by atoms with Crippen molar-refractivity contribution in [1.29, 1.82) is 0 Å². The molecular weight excluding hydrogens is 235 g/mol. The quantitative estimate of drug-likeness (QED) is 0.782. The maximum atomic E-state index is 13.0. The summed E-state index contributed by atoms with van der Waals surface area (Å²) >= 11 is 0. The molecule has 0 aromatic heterocycles. The van der Waals surface area contributed by atoms with Gasteiger partial charge in [-0.15, -0.1) is 0 Å². The van der Waals surface area contributed by atoms with Crippen LogP contribution in [0.1, 0.15) is 39.5 Å². The Balaban J connectivity index is 2.81. The maximum absolute atomic E-state index is 13.0. The molecule has 0 bridgehead atoms. The van der Waals surface area contributed by atoms with E-state index in [4.69, 9.17) is 0 Å². The zero-order valence-corrected chi connectivity index (χ0v) is 10.1. The average Bonchev–Trinajstić information content (AvgIpc) is 2.68. The zero-order valence-electron chi connectivity index (χ0n) is 10.1. The van der Waals surface area contributed by atoms with Gasteiger partial charge in [-0.2, -0.15) is 13.2 Å². The van der Waals surface area contributed by atoms with Gasteiger partial charge in [-0.3, -0.25) is 5.32 Å². The van der Waals surface area contributed by atoms with Crippen molar-refractivity contribution < 1.29 is 22.7 Å². The highest BCUT2D eigenvalue weighted by Crippen LogP contribution is 2.33. The second kappa shape index (κ2) is 5.25. The first-order valence-electron chi connectivity index (χ1n) is 5.83. The third kappa shape index (κ3) is 3.12. The second-order valence-corrected chi connectivity index (χ2v) is 4.47. The van der Waals surface area contributed by atoms with Crippen molar-refractivity contribution in [3.05, 3.63) is 0 Å². The van der Waals surface area contributed by atoms with Crippen LogP contribution in [0.2, 0.25) is 0 Å². The number of hydrogen-bond acceptors (Lipinski definition) is 3. The minimum absolute atomic E-state index is 0.0587. The molecule has 0 aliphatic heterocycles. The van der Waals surface area contributed by atoms with Gasteiger partial charge in [0.2, 0.25) is 5.54 Å². The number of carbonyl (C=O) groups excluding carboxylic acids is 1. The van der Waals surface area contributed by atoms with E-state index in [0.717, 1.165) is 19.8 Å².